The van der Waals surface area contributed by atoms with Crippen LogP contribution in [0.2, 0.25) is 0 Å². The fourth-order valence-electron chi connectivity index (χ4n) is 12.3. The minimum absolute atomic E-state index is 0.0365. The lowest BCUT2D eigenvalue weighted by Crippen LogP contribution is -2.62. The minimum atomic E-state index is -1.78. The number of nitrogens with one attached hydrogen (secondary N) is 10. The van der Waals surface area contributed by atoms with Crippen LogP contribution in [0, 0.1) is 11.8 Å². The summed E-state index contributed by atoms with van der Waals surface area (Å²) in [7, 11) is 0. The molecule has 4 rings (SSSR count). The van der Waals surface area contributed by atoms with Gasteiger partial charge in [0.05, 0.1) is 25.7 Å². The maximum Gasteiger partial charge on any atom is 0.326 e. The quantitative estimate of drug-likeness (QED) is 0.0165. The molecule has 1 aromatic carbocycles. The number of carbonyl (C=O) groups is 15. The van der Waals surface area contributed by atoms with Crippen LogP contribution in [0.15, 0.2) is 35.3 Å². The van der Waals surface area contributed by atoms with E-state index < -0.39 is 205 Å². The normalized spacial score (nSPS) is 19.3. The third kappa shape index (κ3) is 26.0. The first-order valence-electron chi connectivity index (χ1n) is 35.4. The summed E-state index contributed by atoms with van der Waals surface area (Å²) in [6.45, 7) is 9.76. The summed E-state index contributed by atoms with van der Waals surface area (Å²) in [5.41, 5.74) is 22.5. The molecule has 3 saturated heterocycles. The molecule has 0 radical (unpaired) electrons. The second-order valence-electron chi connectivity index (χ2n) is 26.6. The molecule has 1 aromatic rings. The van der Waals surface area contributed by atoms with Crippen LogP contribution in [0.25, 0.3) is 0 Å². The molecular formula is C67H108N18O19. The first-order chi connectivity index (χ1) is 49.2. The van der Waals surface area contributed by atoms with Gasteiger partial charge in [0.1, 0.15) is 78.5 Å². The summed E-state index contributed by atoms with van der Waals surface area (Å²) >= 11 is 0. The number of carbonyl (C=O) groups excluding carboxylic acids is 13. The number of benzene rings is 1. The van der Waals surface area contributed by atoms with E-state index in [1.807, 2.05) is 0 Å². The lowest BCUT2D eigenvalue weighted by atomic mass is 9.96. The zero-order valence-electron chi connectivity index (χ0n) is 60.2. The summed E-state index contributed by atoms with van der Waals surface area (Å²) in [6, 6.07) is -9.34. The Kier molecular flexibility index (Phi) is 35.8. The van der Waals surface area contributed by atoms with E-state index in [1.54, 1.807) is 58.0 Å². The molecule has 22 N–H and O–H groups in total. The molecule has 3 fully saturated rings. The summed E-state index contributed by atoms with van der Waals surface area (Å²) in [5.74, 6) is -15.0. The number of amides is 13. The minimum Gasteiger partial charge on any atom is -0.481 e. The third-order valence-corrected chi connectivity index (χ3v) is 18.7. The summed E-state index contributed by atoms with van der Waals surface area (Å²) in [6.07, 6.45) is 0.380. The van der Waals surface area contributed by atoms with Gasteiger partial charge in [-0.05, 0) is 115 Å². The Hall–Kier alpha value is -9.62. The zero-order chi connectivity index (χ0) is 77.7. The number of aliphatic hydroxyl groups is 2. The predicted octanol–water partition coefficient (Wildman–Crippen LogP) is -5.74. The van der Waals surface area contributed by atoms with Gasteiger partial charge in [0.25, 0.3) is 0 Å². The number of nitrogens with zero attached hydrogens (tertiary/aromatic N) is 4. The first kappa shape index (κ1) is 86.8. The number of nitrogens with two attached hydrogens (primary N) is 4. The summed E-state index contributed by atoms with van der Waals surface area (Å²) in [4.78, 5) is 212. The molecule has 37 heteroatoms. The van der Waals surface area contributed by atoms with Crippen molar-refractivity contribution in [2.24, 2.45) is 39.8 Å². The van der Waals surface area contributed by atoms with Crippen LogP contribution in [0.4, 0.5) is 0 Å². The van der Waals surface area contributed by atoms with Crippen molar-refractivity contribution in [3.8, 4) is 0 Å². The SMILES string of the molecule is CC[C@H](C)[C@H](NC(=O)[C@@H]1CCCN1C(=O)[C@@H]1CCCN1C(=O)[C@@H](NC(=O)[C@H](CO)NC(=O)[C@H](CCCCN)NC(=O)[C@@H](NC(=O)[C@H](C)NC(=O)[C@H](CCCN=C(N)N)NC(=O)CN)[C@@H](C)O)[C@@H](C)CC)C(=O)N[C@@H](C)C(=O)N[C@@H](Cc1ccccc1)C(=O)N1CCC[C@H]1C(=O)N[C@@H](CC(=O)O)C(=O)O. The second kappa shape index (κ2) is 42.8. The van der Waals surface area contributed by atoms with E-state index >= 15 is 0 Å². The number of hydrogen-bond acceptors (Lipinski definition) is 20. The number of rotatable bonds is 42. The van der Waals surface area contributed by atoms with Gasteiger partial charge in [-0.15, -0.1) is 0 Å². The van der Waals surface area contributed by atoms with Crippen LogP contribution < -0.4 is 76.1 Å². The van der Waals surface area contributed by atoms with Crippen LogP contribution in [-0.4, -0.2) is 260 Å². The first-order valence-corrected chi connectivity index (χ1v) is 35.4. The van der Waals surface area contributed by atoms with Crippen molar-refractivity contribution in [2.45, 2.75) is 229 Å². The van der Waals surface area contributed by atoms with Gasteiger partial charge < -0.3 is 111 Å². The Bertz CT molecular complexity index is 3200. The molecule has 0 saturated carbocycles. The Morgan fingerprint density at radius 2 is 1.00 bits per heavy atom. The number of carboxylic acid groups (broad SMARTS) is 2. The molecule has 3 heterocycles. The highest BCUT2D eigenvalue weighted by atomic mass is 16.4. The molecule has 0 unspecified atom stereocenters. The lowest BCUT2D eigenvalue weighted by Gasteiger charge is -2.35. The molecule has 3 aliphatic rings. The Labute approximate surface area is 603 Å². The molecule has 0 spiro atoms. The maximum atomic E-state index is 14.8. The van der Waals surface area contributed by atoms with Gasteiger partial charge in [0.15, 0.2) is 5.96 Å². The molecule has 3 aliphatic heterocycles. The van der Waals surface area contributed by atoms with Crippen LogP contribution in [0.1, 0.15) is 144 Å². The lowest BCUT2D eigenvalue weighted by molar-refractivity contribution is -0.149. The number of aliphatic imine (C=N–C) groups is 1. The van der Waals surface area contributed by atoms with E-state index in [-0.39, 0.29) is 90.0 Å². The van der Waals surface area contributed by atoms with Gasteiger partial charge in [-0.3, -0.25) is 72.1 Å². The van der Waals surface area contributed by atoms with Gasteiger partial charge in [0.2, 0.25) is 76.8 Å². The summed E-state index contributed by atoms with van der Waals surface area (Å²) < 4.78 is 0. The highest BCUT2D eigenvalue weighted by Crippen LogP contribution is 2.28. The number of likely N-dealkylation sites (tertiary alicyclic amines) is 3. The molecule has 580 valence electrons. The predicted molar refractivity (Wildman–Crippen MR) is 374 cm³/mol. The van der Waals surface area contributed by atoms with Crippen molar-refractivity contribution < 1.29 is 92.3 Å². The zero-order valence-corrected chi connectivity index (χ0v) is 60.2. The molecule has 0 aromatic heterocycles. The van der Waals surface area contributed by atoms with Gasteiger partial charge >= 0.3 is 11.9 Å². The number of unbranched alkanes of at least 4 members (excludes halogenated alkanes) is 1. The topological polar surface area (TPSA) is 583 Å². The fourth-order valence-corrected chi connectivity index (χ4v) is 12.3. The van der Waals surface area contributed by atoms with E-state index in [0.29, 0.717) is 44.1 Å². The fraction of sp³-hybridized carbons (Fsp3) is 0.672. The maximum absolute atomic E-state index is 14.8. The van der Waals surface area contributed by atoms with Crippen LogP contribution in [0.3, 0.4) is 0 Å². The van der Waals surface area contributed by atoms with Crippen molar-refractivity contribution >= 4 is 94.7 Å². The monoisotopic (exact) mass is 1470 g/mol. The molecule has 0 bridgehead atoms. The van der Waals surface area contributed by atoms with Gasteiger partial charge in [-0.25, -0.2) is 4.79 Å². The van der Waals surface area contributed by atoms with Crippen LogP contribution in [-0.2, 0) is 78.3 Å². The highest BCUT2D eigenvalue weighted by molar-refractivity contribution is 6.01. The number of aliphatic hydroxyl groups excluding tert-OH is 2. The van der Waals surface area contributed by atoms with Crippen molar-refractivity contribution in [1.82, 2.24) is 67.9 Å². The van der Waals surface area contributed by atoms with E-state index in [2.05, 4.69) is 58.2 Å². The highest BCUT2D eigenvalue weighted by Gasteiger charge is 2.47. The molecular weight excluding hydrogens is 1360 g/mol. The Morgan fingerprint density at radius 3 is 1.56 bits per heavy atom. The van der Waals surface area contributed by atoms with Gasteiger partial charge in [-0.1, -0.05) is 70.9 Å². The van der Waals surface area contributed by atoms with Crippen LogP contribution in [0.5, 0.6) is 0 Å². The molecule has 104 heavy (non-hydrogen) atoms. The average Bonchev–Trinajstić information content (AvgIpc) is 1.62. The van der Waals surface area contributed by atoms with Crippen molar-refractivity contribution in [3.63, 3.8) is 0 Å². The second-order valence-corrected chi connectivity index (χ2v) is 26.6. The average molecular weight is 1470 g/mol. The number of hydrogen-bond donors (Lipinski definition) is 18. The molecule has 13 amide bonds. The number of aliphatic carboxylic acids is 2. The van der Waals surface area contributed by atoms with E-state index in [0.717, 1.165) is 0 Å². The Balaban J connectivity index is 1.45. The van der Waals surface area contributed by atoms with Crippen molar-refractivity contribution in [2.75, 3.05) is 45.9 Å². The smallest absolute Gasteiger partial charge is 0.326 e. The van der Waals surface area contributed by atoms with Crippen molar-refractivity contribution in [1.29, 1.82) is 0 Å². The van der Waals surface area contributed by atoms with E-state index in [4.69, 9.17) is 22.9 Å². The molecule has 37 nitrogen and oxygen atoms in total. The molecule has 16 atom stereocenters. The number of guanidine groups is 1. The summed E-state index contributed by atoms with van der Waals surface area (Å²) in [5, 5.41) is 65.3. The Morgan fingerprint density at radius 1 is 0.519 bits per heavy atom. The van der Waals surface area contributed by atoms with Gasteiger partial charge in [0, 0.05) is 32.6 Å². The van der Waals surface area contributed by atoms with Gasteiger partial charge in [-0.2, -0.15) is 0 Å². The standard InChI is InChI=1S/C67H108N18O19/c1-8-35(3)51(61(98)74-37(5)54(91)77-43(31-40-19-11-10-12-20-40)63(100)83-28-16-23-46(83)59(96)78-44(66(103)104)32-50(89)90)80-60(97)47-24-17-29-84(47)64(101)48-25-18-30-85(48)65(102)52(36(4)9-2)81-58(95)45(34-86)79-57(94)42(21-13-14-26-68)76-62(99)53(39(7)87)82-55(92)38(6)73-56(93)41(75-49(88)33-69)22-15-27-72-67(70)71/h10-12,19-20,35-39,41-48,51-53,86-87H,8-9,13-18,21-34,68-69H2,1-7H3,(H,73,93)(H,74,98)(H,75,88)(H,76,99)(H,77,91)(H,78,96)(H,79,94)(H,80,97)(H,81,95)(H,82,92)(H,89,90)(H,103,104)(H4,70,71,72)/t35-,36-,37-,38-,39+,41-,42-,43-,44-,45-,46-,47-,48-,51-,52-,53-/m0/s1. The van der Waals surface area contributed by atoms with Crippen LogP contribution >= 0.6 is 0 Å². The molecule has 0 aliphatic carbocycles. The van der Waals surface area contributed by atoms with Crippen molar-refractivity contribution in [3.05, 3.63) is 35.9 Å². The third-order valence-electron chi connectivity index (χ3n) is 18.7. The van der Waals surface area contributed by atoms with E-state index in [1.165, 1.54) is 35.5 Å². The number of carboxylic acids is 2. The van der Waals surface area contributed by atoms with E-state index in [9.17, 15) is 92.3 Å². The largest absolute Gasteiger partial charge is 0.481 e.